The van der Waals surface area contributed by atoms with Crippen LogP contribution in [0.3, 0.4) is 0 Å². The third kappa shape index (κ3) is 6.11. The number of hydrogen-bond donors (Lipinski definition) is 2. The predicted octanol–water partition coefficient (Wildman–Crippen LogP) is 3.16. The first kappa shape index (κ1) is 18.7. The van der Waals surface area contributed by atoms with Gasteiger partial charge in [0.05, 0.1) is 6.10 Å². The van der Waals surface area contributed by atoms with E-state index in [1.165, 1.54) is 0 Å². The maximum absolute atomic E-state index is 6.20. The second-order valence-electron chi connectivity index (χ2n) is 5.34. The minimum absolute atomic E-state index is 0. The summed E-state index contributed by atoms with van der Waals surface area (Å²) in [6, 6.07) is 7.88. The number of rotatable bonds is 6. The molecule has 0 aliphatic carbocycles. The molecule has 0 fully saturated rings. The van der Waals surface area contributed by atoms with E-state index in [4.69, 9.17) is 22.1 Å². The zero-order valence-corrected chi connectivity index (χ0v) is 13.5. The number of methoxy groups -OCH3 is 1. The SMILES string of the molecule is COC(c1ccccc1Cl)C(C)NCC(C)(C)N.Cl. The quantitative estimate of drug-likeness (QED) is 0.848. The minimum Gasteiger partial charge on any atom is -0.375 e. The van der Waals surface area contributed by atoms with E-state index in [-0.39, 0.29) is 30.1 Å². The number of hydrogen-bond acceptors (Lipinski definition) is 3. The Labute approximate surface area is 127 Å². The Bertz CT molecular complexity index is 380. The van der Waals surface area contributed by atoms with Crippen LogP contribution in [0.15, 0.2) is 24.3 Å². The van der Waals surface area contributed by atoms with Gasteiger partial charge in [-0.2, -0.15) is 0 Å². The van der Waals surface area contributed by atoms with E-state index in [2.05, 4.69) is 12.2 Å². The molecule has 3 nitrogen and oxygen atoms in total. The Morgan fingerprint density at radius 1 is 1.37 bits per heavy atom. The molecule has 2 unspecified atom stereocenters. The van der Waals surface area contributed by atoms with Gasteiger partial charge in [0.25, 0.3) is 0 Å². The molecular formula is C14H24Cl2N2O. The van der Waals surface area contributed by atoms with Crippen molar-refractivity contribution in [1.82, 2.24) is 5.32 Å². The third-order valence-corrected chi connectivity index (χ3v) is 3.14. The summed E-state index contributed by atoms with van der Waals surface area (Å²) >= 11 is 6.20. The molecule has 2 atom stereocenters. The Balaban J connectivity index is 0.00000324. The standard InChI is InChI=1S/C14H23ClN2O.ClH/c1-10(17-9-14(2,3)16)13(18-4)11-7-5-6-8-12(11)15;/h5-8,10,13,17H,9,16H2,1-4H3;1H. The second kappa shape index (κ2) is 8.08. The smallest absolute Gasteiger partial charge is 0.0985 e. The fourth-order valence-corrected chi connectivity index (χ4v) is 2.08. The Hall–Kier alpha value is -0.320. The maximum atomic E-state index is 6.20. The van der Waals surface area contributed by atoms with E-state index in [1.807, 2.05) is 38.1 Å². The number of nitrogens with one attached hydrogen (secondary N) is 1. The Morgan fingerprint density at radius 2 is 1.95 bits per heavy atom. The largest absolute Gasteiger partial charge is 0.375 e. The molecule has 0 saturated carbocycles. The van der Waals surface area contributed by atoms with Crippen LogP contribution < -0.4 is 11.1 Å². The molecule has 5 heteroatoms. The minimum atomic E-state index is -0.243. The molecule has 0 saturated heterocycles. The first-order valence-corrected chi connectivity index (χ1v) is 6.52. The molecule has 0 aliphatic rings. The number of benzene rings is 1. The van der Waals surface area contributed by atoms with E-state index in [0.29, 0.717) is 0 Å². The van der Waals surface area contributed by atoms with Gasteiger partial charge in [-0.15, -0.1) is 12.4 Å². The average Bonchev–Trinajstić information content (AvgIpc) is 2.29. The molecular weight excluding hydrogens is 283 g/mol. The van der Waals surface area contributed by atoms with Crippen molar-refractivity contribution in [3.63, 3.8) is 0 Å². The summed E-state index contributed by atoms with van der Waals surface area (Å²) in [5, 5.41) is 4.12. The summed E-state index contributed by atoms with van der Waals surface area (Å²) in [6.07, 6.45) is -0.0824. The van der Waals surface area contributed by atoms with Crippen molar-refractivity contribution >= 4 is 24.0 Å². The molecule has 1 aromatic carbocycles. The van der Waals surface area contributed by atoms with Gasteiger partial charge < -0.3 is 15.8 Å². The van der Waals surface area contributed by atoms with Gasteiger partial charge in [-0.1, -0.05) is 29.8 Å². The van der Waals surface area contributed by atoms with Gasteiger partial charge >= 0.3 is 0 Å². The maximum Gasteiger partial charge on any atom is 0.0985 e. The highest BCUT2D eigenvalue weighted by molar-refractivity contribution is 6.31. The van der Waals surface area contributed by atoms with E-state index >= 15 is 0 Å². The normalized spacial score (nSPS) is 14.6. The molecule has 0 heterocycles. The predicted molar refractivity (Wildman–Crippen MR) is 84.2 cm³/mol. The zero-order chi connectivity index (χ0) is 13.8. The van der Waals surface area contributed by atoms with E-state index in [1.54, 1.807) is 7.11 Å². The van der Waals surface area contributed by atoms with Crippen molar-refractivity contribution in [3.8, 4) is 0 Å². The average molecular weight is 307 g/mol. The van der Waals surface area contributed by atoms with Crippen molar-refractivity contribution in [2.75, 3.05) is 13.7 Å². The van der Waals surface area contributed by atoms with Crippen LogP contribution in [0.25, 0.3) is 0 Å². The summed E-state index contributed by atoms with van der Waals surface area (Å²) in [7, 11) is 1.69. The third-order valence-electron chi connectivity index (χ3n) is 2.80. The van der Waals surface area contributed by atoms with Crippen molar-refractivity contribution in [2.24, 2.45) is 5.73 Å². The fraction of sp³-hybridized carbons (Fsp3) is 0.571. The van der Waals surface area contributed by atoms with Crippen LogP contribution in [0, 0.1) is 0 Å². The Morgan fingerprint density at radius 3 is 2.42 bits per heavy atom. The van der Waals surface area contributed by atoms with E-state index in [0.717, 1.165) is 17.1 Å². The van der Waals surface area contributed by atoms with Crippen molar-refractivity contribution in [2.45, 2.75) is 38.5 Å². The summed E-state index contributed by atoms with van der Waals surface area (Å²) in [6.45, 7) is 6.77. The monoisotopic (exact) mass is 306 g/mol. The highest BCUT2D eigenvalue weighted by atomic mass is 35.5. The van der Waals surface area contributed by atoms with Gasteiger partial charge in [0.15, 0.2) is 0 Å². The van der Waals surface area contributed by atoms with Crippen LogP contribution in [-0.2, 0) is 4.74 Å². The molecule has 0 bridgehead atoms. The summed E-state index contributed by atoms with van der Waals surface area (Å²) in [5.74, 6) is 0. The molecule has 0 amide bonds. The number of ether oxygens (including phenoxy) is 1. The fourth-order valence-electron chi connectivity index (χ4n) is 1.84. The highest BCUT2D eigenvalue weighted by Gasteiger charge is 2.22. The number of nitrogens with two attached hydrogens (primary N) is 1. The summed E-state index contributed by atoms with van der Waals surface area (Å²) in [5.41, 5.74) is 6.72. The molecule has 0 radical (unpaired) electrons. The van der Waals surface area contributed by atoms with Gasteiger partial charge in [-0.25, -0.2) is 0 Å². The topological polar surface area (TPSA) is 47.3 Å². The second-order valence-corrected chi connectivity index (χ2v) is 5.74. The van der Waals surface area contributed by atoms with Crippen LogP contribution in [-0.4, -0.2) is 25.2 Å². The van der Waals surface area contributed by atoms with Crippen molar-refractivity contribution < 1.29 is 4.74 Å². The lowest BCUT2D eigenvalue weighted by atomic mass is 10.0. The van der Waals surface area contributed by atoms with Crippen LogP contribution in [0.2, 0.25) is 5.02 Å². The molecule has 1 aromatic rings. The van der Waals surface area contributed by atoms with Crippen molar-refractivity contribution in [3.05, 3.63) is 34.9 Å². The van der Waals surface area contributed by atoms with Gasteiger partial charge in [0, 0.05) is 35.8 Å². The lowest BCUT2D eigenvalue weighted by Crippen LogP contribution is -2.47. The molecule has 110 valence electrons. The zero-order valence-electron chi connectivity index (χ0n) is 11.9. The van der Waals surface area contributed by atoms with Gasteiger partial charge in [-0.3, -0.25) is 0 Å². The first-order valence-electron chi connectivity index (χ1n) is 6.14. The molecule has 1 rings (SSSR count). The Kier molecular flexibility index (Phi) is 7.94. The molecule has 0 spiro atoms. The lowest BCUT2D eigenvalue weighted by Gasteiger charge is -2.28. The van der Waals surface area contributed by atoms with Crippen LogP contribution >= 0.6 is 24.0 Å². The summed E-state index contributed by atoms with van der Waals surface area (Å²) < 4.78 is 5.56. The van der Waals surface area contributed by atoms with Crippen LogP contribution in [0.4, 0.5) is 0 Å². The molecule has 0 aliphatic heterocycles. The van der Waals surface area contributed by atoms with Gasteiger partial charge in [-0.05, 0) is 26.8 Å². The van der Waals surface area contributed by atoms with Gasteiger partial charge in [0.2, 0.25) is 0 Å². The molecule has 19 heavy (non-hydrogen) atoms. The molecule has 0 aromatic heterocycles. The van der Waals surface area contributed by atoms with Crippen LogP contribution in [0.1, 0.15) is 32.4 Å². The van der Waals surface area contributed by atoms with Crippen molar-refractivity contribution in [1.29, 1.82) is 0 Å². The van der Waals surface area contributed by atoms with E-state index in [9.17, 15) is 0 Å². The highest BCUT2D eigenvalue weighted by Crippen LogP contribution is 2.27. The van der Waals surface area contributed by atoms with Crippen LogP contribution in [0.5, 0.6) is 0 Å². The lowest BCUT2D eigenvalue weighted by molar-refractivity contribution is 0.0721. The van der Waals surface area contributed by atoms with Gasteiger partial charge in [0.1, 0.15) is 0 Å². The summed E-state index contributed by atoms with van der Waals surface area (Å²) in [4.78, 5) is 0. The van der Waals surface area contributed by atoms with E-state index < -0.39 is 0 Å². The molecule has 3 N–H and O–H groups in total. The number of halogens is 2. The first-order chi connectivity index (χ1) is 8.35.